The van der Waals surface area contributed by atoms with Crippen molar-refractivity contribution in [3.8, 4) is 18.2 Å². The lowest BCUT2D eigenvalue weighted by molar-refractivity contribution is 0.180. The molecule has 0 aromatic carbocycles. The molecule has 1 aliphatic carbocycles. The van der Waals surface area contributed by atoms with E-state index in [-0.39, 0.29) is 11.3 Å². The normalized spacial score (nSPS) is 28.3. The van der Waals surface area contributed by atoms with Crippen molar-refractivity contribution in [1.82, 2.24) is 0 Å². The summed E-state index contributed by atoms with van der Waals surface area (Å²) >= 11 is 0. The van der Waals surface area contributed by atoms with Gasteiger partial charge in [-0.2, -0.15) is 15.8 Å². The minimum absolute atomic E-state index is 0.0960. The predicted octanol–water partition coefficient (Wildman–Crippen LogP) is 2.52. The molecule has 0 aromatic rings. The van der Waals surface area contributed by atoms with Crippen molar-refractivity contribution in [3.63, 3.8) is 0 Å². The number of nitriles is 3. The van der Waals surface area contributed by atoms with E-state index in [1.54, 1.807) is 0 Å². The van der Waals surface area contributed by atoms with Crippen LogP contribution in [0.25, 0.3) is 0 Å². The van der Waals surface area contributed by atoms with E-state index in [1.165, 1.54) is 0 Å². The van der Waals surface area contributed by atoms with Gasteiger partial charge < -0.3 is 5.73 Å². The molecule has 0 fully saturated rings. The number of nitrogens with zero attached hydrogens (tertiary/aromatic N) is 3. The van der Waals surface area contributed by atoms with Crippen molar-refractivity contribution in [2.45, 2.75) is 33.6 Å². The highest BCUT2D eigenvalue weighted by atomic mass is 14.7. The van der Waals surface area contributed by atoms with E-state index >= 15 is 0 Å². The summed E-state index contributed by atoms with van der Waals surface area (Å²) < 4.78 is 0. The quantitative estimate of drug-likeness (QED) is 0.761. The zero-order valence-electron chi connectivity index (χ0n) is 10.9. The molecule has 0 radical (unpaired) electrons. The number of rotatable bonds is 1. The lowest BCUT2D eigenvalue weighted by Gasteiger charge is -2.43. The summed E-state index contributed by atoms with van der Waals surface area (Å²) in [5.74, 6) is 0. The summed E-state index contributed by atoms with van der Waals surface area (Å²) in [6.07, 6.45) is 2.99. The zero-order valence-corrected chi connectivity index (χ0v) is 10.9. The maximum absolute atomic E-state index is 9.44. The van der Waals surface area contributed by atoms with Crippen molar-refractivity contribution < 1.29 is 0 Å². The van der Waals surface area contributed by atoms with Gasteiger partial charge in [0.05, 0.1) is 23.4 Å². The van der Waals surface area contributed by atoms with E-state index in [4.69, 9.17) is 5.73 Å². The molecule has 2 N–H and O–H groups in total. The monoisotopic (exact) mass is 240 g/mol. The summed E-state index contributed by atoms with van der Waals surface area (Å²) in [5, 5.41) is 28.1. The third-order valence-electron chi connectivity index (χ3n) is 4.06. The second-order valence-electron chi connectivity index (χ2n) is 4.78. The number of hydrogen-bond donors (Lipinski definition) is 1. The van der Waals surface area contributed by atoms with Crippen LogP contribution in [0.5, 0.6) is 0 Å². The van der Waals surface area contributed by atoms with Crippen LogP contribution in [0.1, 0.15) is 33.6 Å². The van der Waals surface area contributed by atoms with Gasteiger partial charge in [0.1, 0.15) is 6.07 Å². The molecule has 4 nitrogen and oxygen atoms in total. The molecule has 92 valence electrons. The first kappa shape index (κ1) is 13.8. The maximum Gasteiger partial charge on any atom is 0.189 e. The zero-order chi connectivity index (χ0) is 14.0. The Hall–Kier alpha value is -2.25. The molecule has 0 bridgehead atoms. The second kappa shape index (κ2) is 4.55. The van der Waals surface area contributed by atoms with Crippen LogP contribution in [-0.2, 0) is 0 Å². The number of nitrogens with two attached hydrogens (primary N) is 1. The van der Waals surface area contributed by atoms with Crippen LogP contribution >= 0.6 is 0 Å². The van der Waals surface area contributed by atoms with Crippen molar-refractivity contribution >= 4 is 0 Å². The first-order valence-electron chi connectivity index (χ1n) is 5.84. The second-order valence-corrected chi connectivity index (χ2v) is 4.78. The Bertz CT molecular complexity index is 534. The van der Waals surface area contributed by atoms with Gasteiger partial charge in [-0.15, -0.1) is 0 Å². The third kappa shape index (κ3) is 1.49. The molecule has 4 heteroatoms. The summed E-state index contributed by atoms with van der Waals surface area (Å²) in [7, 11) is 0. The maximum atomic E-state index is 9.44. The molecule has 18 heavy (non-hydrogen) atoms. The van der Waals surface area contributed by atoms with Crippen LogP contribution in [0.4, 0.5) is 0 Å². The van der Waals surface area contributed by atoms with Gasteiger partial charge in [-0.05, 0) is 25.3 Å². The highest BCUT2D eigenvalue weighted by Gasteiger charge is 2.54. The van der Waals surface area contributed by atoms with Gasteiger partial charge in [-0.25, -0.2) is 0 Å². The van der Waals surface area contributed by atoms with Gasteiger partial charge >= 0.3 is 0 Å². The van der Waals surface area contributed by atoms with E-state index in [9.17, 15) is 15.8 Å². The van der Waals surface area contributed by atoms with E-state index < -0.39 is 10.8 Å². The molecule has 1 rings (SSSR count). The van der Waals surface area contributed by atoms with Crippen LogP contribution in [0, 0.1) is 44.8 Å². The predicted molar refractivity (Wildman–Crippen MR) is 67.3 cm³/mol. The number of hydrogen-bond acceptors (Lipinski definition) is 4. The topological polar surface area (TPSA) is 97.4 Å². The van der Waals surface area contributed by atoms with E-state index in [0.717, 1.165) is 5.57 Å². The molecule has 1 unspecified atom stereocenters. The van der Waals surface area contributed by atoms with Crippen molar-refractivity contribution in [2.75, 3.05) is 0 Å². The summed E-state index contributed by atoms with van der Waals surface area (Å²) in [5.41, 5.74) is 5.19. The van der Waals surface area contributed by atoms with E-state index in [2.05, 4.69) is 0 Å². The summed E-state index contributed by atoms with van der Waals surface area (Å²) in [6.45, 7) is 5.65. The Morgan fingerprint density at radius 1 is 1.33 bits per heavy atom. The Morgan fingerprint density at radius 3 is 2.22 bits per heavy atom. The molecule has 0 aromatic heterocycles. The molecule has 0 saturated heterocycles. The van der Waals surface area contributed by atoms with E-state index in [1.807, 2.05) is 45.1 Å². The van der Waals surface area contributed by atoms with Crippen LogP contribution in [0.2, 0.25) is 0 Å². The van der Waals surface area contributed by atoms with Gasteiger partial charge in [-0.1, -0.05) is 19.9 Å². The van der Waals surface area contributed by atoms with Crippen molar-refractivity contribution in [2.24, 2.45) is 16.6 Å². The standard InChI is InChI=1S/C14H16N4/c1-4-10-6-13(3,5-2)14(8-16,9-17)12(18)11(10)7-15/h4H,5-6,18H2,1-3H3. The SMILES string of the molecule is CC=C1CC(C)(CC)C(C#N)(C#N)C(N)=C1C#N. The molecule has 0 spiro atoms. The van der Waals surface area contributed by atoms with Gasteiger partial charge in [-0.3, -0.25) is 0 Å². The van der Waals surface area contributed by atoms with E-state index in [0.29, 0.717) is 12.8 Å². The molecule has 0 saturated carbocycles. The average Bonchev–Trinajstić information content (AvgIpc) is 2.39. The van der Waals surface area contributed by atoms with Gasteiger partial charge in [0.25, 0.3) is 0 Å². The molecular formula is C14H16N4. The third-order valence-corrected chi connectivity index (χ3v) is 4.06. The largest absolute Gasteiger partial charge is 0.399 e. The molecule has 0 amide bonds. The first-order valence-corrected chi connectivity index (χ1v) is 5.84. The van der Waals surface area contributed by atoms with Gasteiger partial charge in [0.2, 0.25) is 0 Å². The molecular weight excluding hydrogens is 224 g/mol. The fraction of sp³-hybridized carbons (Fsp3) is 0.500. The Kier molecular flexibility index (Phi) is 3.49. The number of allylic oxidation sites excluding steroid dienone is 4. The summed E-state index contributed by atoms with van der Waals surface area (Å²) in [4.78, 5) is 0. The average molecular weight is 240 g/mol. The van der Waals surface area contributed by atoms with Gasteiger partial charge in [0.15, 0.2) is 5.41 Å². The Balaban J connectivity index is 3.73. The Labute approximate surface area is 108 Å². The van der Waals surface area contributed by atoms with Crippen LogP contribution in [-0.4, -0.2) is 0 Å². The fourth-order valence-electron chi connectivity index (χ4n) is 2.51. The van der Waals surface area contributed by atoms with Crippen molar-refractivity contribution in [3.05, 3.63) is 22.9 Å². The summed E-state index contributed by atoms with van der Waals surface area (Å²) in [6, 6.07) is 6.11. The first-order chi connectivity index (χ1) is 8.46. The highest BCUT2D eigenvalue weighted by Crippen LogP contribution is 2.54. The highest BCUT2D eigenvalue weighted by molar-refractivity contribution is 5.55. The Morgan fingerprint density at radius 2 is 1.89 bits per heavy atom. The van der Waals surface area contributed by atoms with Crippen LogP contribution < -0.4 is 5.73 Å². The molecule has 0 aliphatic heterocycles. The van der Waals surface area contributed by atoms with Crippen LogP contribution in [0.15, 0.2) is 22.9 Å². The van der Waals surface area contributed by atoms with Crippen molar-refractivity contribution in [1.29, 1.82) is 15.8 Å². The minimum Gasteiger partial charge on any atom is -0.399 e. The molecule has 1 aliphatic rings. The molecule has 1 atom stereocenters. The van der Waals surface area contributed by atoms with Crippen LogP contribution in [0.3, 0.4) is 0 Å². The smallest absolute Gasteiger partial charge is 0.189 e. The fourth-order valence-corrected chi connectivity index (χ4v) is 2.51. The lowest BCUT2D eigenvalue weighted by atomic mass is 9.56. The molecule has 0 heterocycles. The minimum atomic E-state index is -1.42. The van der Waals surface area contributed by atoms with Gasteiger partial charge in [0, 0.05) is 5.41 Å². The lowest BCUT2D eigenvalue weighted by Crippen LogP contribution is -2.45.